The Kier molecular flexibility index (Phi) is 4.60. The Morgan fingerprint density at radius 1 is 1.50 bits per heavy atom. The first-order chi connectivity index (χ1) is 9.56. The number of methoxy groups -OCH3 is 1. The number of benzene rings is 1. The molecule has 2 rings (SSSR count). The van der Waals surface area contributed by atoms with Crippen LogP contribution in [0.1, 0.15) is 6.42 Å². The number of carbonyl (C=O) groups is 1. The van der Waals surface area contributed by atoms with E-state index in [0.29, 0.717) is 41.0 Å². The number of carbonyl (C=O) groups excluding carboxylic acids is 1. The number of ether oxygens (including phenoxy) is 1. The maximum Gasteiger partial charge on any atom is 0.227 e. The molecule has 1 fully saturated rings. The van der Waals surface area contributed by atoms with E-state index in [9.17, 15) is 4.79 Å². The molecule has 0 saturated carbocycles. The molecule has 0 N–H and O–H groups in total. The zero-order valence-electron chi connectivity index (χ0n) is 10.7. The van der Waals surface area contributed by atoms with Gasteiger partial charge in [-0.25, -0.2) is 0 Å². The molecule has 6 nitrogen and oxygen atoms in total. The van der Waals surface area contributed by atoms with E-state index in [-0.39, 0.29) is 11.8 Å². The van der Waals surface area contributed by atoms with Crippen molar-refractivity contribution in [1.82, 2.24) is 0 Å². The molecule has 106 valence electrons. The Morgan fingerprint density at radius 3 is 2.90 bits per heavy atom. The molecule has 8 heteroatoms. The maximum absolute atomic E-state index is 12.0. The monoisotopic (exact) mass is 314 g/mol. The fourth-order valence-electron chi connectivity index (χ4n) is 2.17. The van der Waals surface area contributed by atoms with Crippen molar-refractivity contribution in [2.75, 3.05) is 25.1 Å². The van der Waals surface area contributed by atoms with E-state index < -0.39 is 0 Å². The SMILES string of the molecule is COc1cc(N2CC(CN=[N+]=[N-])CC2=O)c(Cl)cc1Cl. The van der Waals surface area contributed by atoms with Gasteiger partial charge in [0, 0.05) is 30.5 Å². The van der Waals surface area contributed by atoms with Gasteiger partial charge < -0.3 is 9.64 Å². The zero-order chi connectivity index (χ0) is 14.7. The molecule has 0 aromatic heterocycles. The molecule has 1 saturated heterocycles. The van der Waals surface area contributed by atoms with E-state index >= 15 is 0 Å². The molecule has 1 atom stereocenters. The minimum atomic E-state index is -0.0607. The smallest absolute Gasteiger partial charge is 0.227 e. The molecule has 0 bridgehead atoms. The highest BCUT2D eigenvalue weighted by Crippen LogP contribution is 2.38. The Morgan fingerprint density at radius 2 is 2.25 bits per heavy atom. The number of rotatable bonds is 4. The van der Waals surface area contributed by atoms with Gasteiger partial charge in [-0.2, -0.15) is 0 Å². The van der Waals surface area contributed by atoms with Crippen molar-refractivity contribution in [2.24, 2.45) is 11.0 Å². The van der Waals surface area contributed by atoms with Gasteiger partial charge in [0.25, 0.3) is 0 Å². The van der Waals surface area contributed by atoms with E-state index in [4.69, 9.17) is 33.5 Å². The second kappa shape index (κ2) is 6.22. The van der Waals surface area contributed by atoms with Gasteiger partial charge in [0.1, 0.15) is 5.75 Å². The summed E-state index contributed by atoms with van der Waals surface area (Å²) in [7, 11) is 1.50. The molecule has 1 unspecified atom stereocenters. The molecule has 1 aromatic carbocycles. The number of nitrogens with zero attached hydrogens (tertiary/aromatic N) is 4. The quantitative estimate of drug-likeness (QED) is 0.483. The van der Waals surface area contributed by atoms with Crippen molar-refractivity contribution in [3.63, 3.8) is 0 Å². The second-order valence-electron chi connectivity index (χ2n) is 4.43. The summed E-state index contributed by atoms with van der Waals surface area (Å²) in [6.45, 7) is 0.753. The predicted molar refractivity (Wildman–Crippen MR) is 77.5 cm³/mol. The highest BCUT2D eigenvalue weighted by atomic mass is 35.5. The Balaban J connectivity index is 2.27. The van der Waals surface area contributed by atoms with E-state index in [2.05, 4.69) is 10.0 Å². The highest BCUT2D eigenvalue weighted by Gasteiger charge is 2.31. The van der Waals surface area contributed by atoms with Crippen LogP contribution in [0.3, 0.4) is 0 Å². The van der Waals surface area contributed by atoms with E-state index in [0.717, 1.165) is 0 Å². The minimum absolute atomic E-state index is 0.00357. The number of halogens is 2. The number of azide groups is 1. The number of amides is 1. The minimum Gasteiger partial charge on any atom is -0.495 e. The lowest BCUT2D eigenvalue weighted by atomic mass is 10.1. The van der Waals surface area contributed by atoms with Crippen molar-refractivity contribution in [3.8, 4) is 5.75 Å². The van der Waals surface area contributed by atoms with Crippen molar-refractivity contribution >= 4 is 34.8 Å². The highest BCUT2D eigenvalue weighted by molar-refractivity contribution is 6.37. The lowest BCUT2D eigenvalue weighted by molar-refractivity contribution is -0.117. The van der Waals surface area contributed by atoms with Gasteiger partial charge in [-0.05, 0) is 17.5 Å². The summed E-state index contributed by atoms with van der Waals surface area (Å²) in [4.78, 5) is 16.3. The van der Waals surface area contributed by atoms with Crippen LogP contribution < -0.4 is 9.64 Å². The van der Waals surface area contributed by atoms with Crippen LogP contribution in [0.4, 0.5) is 5.69 Å². The van der Waals surface area contributed by atoms with Gasteiger partial charge in [-0.15, -0.1) is 0 Å². The van der Waals surface area contributed by atoms with E-state index in [1.807, 2.05) is 0 Å². The van der Waals surface area contributed by atoms with Crippen LogP contribution in [0.5, 0.6) is 5.75 Å². The van der Waals surface area contributed by atoms with Crippen LogP contribution >= 0.6 is 23.2 Å². The van der Waals surface area contributed by atoms with Gasteiger partial charge in [0.2, 0.25) is 5.91 Å². The Labute approximate surface area is 125 Å². The molecular weight excluding hydrogens is 303 g/mol. The van der Waals surface area contributed by atoms with Crippen LogP contribution in [0, 0.1) is 5.92 Å². The van der Waals surface area contributed by atoms with Crippen LogP contribution in [0.15, 0.2) is 17.2 Å². The Bertz CT molecular complexity index is 587. The first kappa shape index (κ1) is 14.8. The molecule has 1 aromatic rings. The van der Waals surface area contributed by atoms with Crippen molar-refractivity contribution < 1.29 is 9.53 Å². The van der Waals surface area contributed by atoms with Crippen LogP contribution in [0.2, 0.25) is 10.0 Å². The fraction of sp³-hybridized carbons (Fsp3) is 0.417. The largest absolute Gasteiger partial charge is 0.495 e. The summed E-state index contributed by atoms with van der Waals surface area (Å²) >= 11 is 12.1. The topological polar surface area (TPSA) is 78.3 Å². The van der Waals surface area contributed by atoms with Gasteiger partial charge in [0.15, 0.2) is 0 Å². The average Bonchev–Trinajstić information content (AvgIpc) is 2.78. The molecule has 20 heavy (non-hydrogen) atoms. The van der Waals surface area contributed by atoms with Gasteiger partial charge >= 0.3 is 0 Å². The average molecular weight is 315 g/mol. The molecule has 1 amide bonds. The molecule has 0 aliphatic carbocycles. The summed E-state index contributed by atoms with van der Waals surface area (Å²) in [5.41, 5.74) is 8.88. The molecule has 1 aliphatic rings. The molecule has 1 heterocycles. The third-order valence-corrected chi connectivity index (χ3v) is 3.72. The Hall–Kier alpha value is -1.62. The molecule has 0 radical (unpaired) electrons. The standard InChI is InChI=1S/C12H12Cl2N4O2/c1-20-11-4-10(8(13)3-9(11)14)18-6-7(2-12(18)19)5-16-17-15/h3-4,7H,2,5-6H2,1H3. The lowest BCUT2D eigenvalue weighted by Crippen LogP contribution is -2.25. The predicted octanol–water partition coefficient (Wildman–Crippen LogP) is 3.67. The number of hydrogen-bond donors (Lipinski definition) is 0. The first-order valence-electron chi connectivity index (χ1n) is 5.91. The summed E-state index contributed by atoms with van der Waals surface area (Å²) in [5, 5.41) is 4.28. The van der Waals surface area contributed by atoms with Gasteiger partial charge in [-0.1, -0.05) is 28.3 Å². The normalized spacial score (nSPS) is 18.1. The zero-order valence-corrected chi connectivity index (χ0v) is 12.2. The summed E-state index contributed by atoms with van der Waals surface area (Å²) < 4.78 is 5.13. The third kappa shape index (κ3) is 2.93. The maximum atomic E-state index is 12.0. The van der Waals surface area contributed by atoms with Crippen LogP contribution in [0.25, 0.3) is 10.4 Å². The first-order valence-corrected chi connectivity index (χ1v) is 6.66. The van der Waals surface area contributed by atoms with Crippen molar-refractivity contribution in [2.45, 2.75) is 6.42 Å². The summed E-state index contributed by atoms with van der Waals surface area (Å²) in [6.07, 6.45) is 0.334. The number of anilines is 1. The molecule has 1 aliphatic heterocycles. The summed E-state index contributed by atoms with van der Waals surface area (Å²) in [6, 6.07) is 3.18. The number of hydrogen-bond acceptors (Lipinski definition) is 3. The van der Waals surface area contributed by atoms with Crippen molar-refractivity contribution in [3.05, 3.63) is 32.6 Å². The van der Waals surface area contributed by atoms with Crippen LogP contribution in [-0.2, 0) is 4.79 Å². The fourth-order valence-corrected chi connectivity index (χ4v) is 2.73. The van der Waals surface area contributed by atoms with Crippen LogP contribution in [-0.4, -0.2) is 26.1 Å². The second-order valence-corrected chi connectivity index (χ2v) is 5.24. The van der Waals surface area contributed by atoms with E-state index in [1.54, 1.807) is 17.0 Å². The van der Waals surface area contributed by atoms with Crippen molar-refractivity contribution in [1.29, 1.82) is 0 Å². The molecular formula is C12H12Cl2N4O2. The van der Waals surface area contributed by atoms with E-state index in [1.165, 1.54) is 7.11 Å². The van der Waals surface area contributed by atoms with Gasteiger partial charge in [-0.3, -0.25) is 4.79 Å². The summed E-state index contributed by atoms with van der Waals surface area (Å²) in [5.74, 6) is 0.392. The lowest BCUT2D eigenvalue weighted by Gasteiger charge is -2.19. The van der Waals surface area contributed by atoms with Gasteiger partial charge in [0.05, 0.1) is 22.8 Å². The third-order valence-electron chi connectivity index (χ3n) is 3.12. The molecule has 0 spiro atoms.